The van der Waals surface area contributed by atoms with E-state index in [2.05, 4.69) is 34.6 Å². The van der Waals surface area contributed by atoms with Crippen LogP contribution in [0.5, 0.6) is 11.6 Å². The first-order valence-electron chi connectivity index (χ1n) is 8.92. The summed E-state index contributed by atoms with van der Waals surface area (Å²) in [6.07, 6.45) is 3.60. The third-order valence-corrected chi connectivity index (χ3v) is 4.53. The average Bonchev–Trinajstić information content (AvgIpc) is 3.46. The quantitative estimate of drug-likeness (QED) is 0.675. The fourth-order valence-corrected chi connectivity index (χ4v) is 2.88. The second kappa shape index (κ2) is 7.11. The van der Waals surface area contributed by atoms with E-state index in [1.807, 2.05) is 30.3 Å². The molecule has 1 heterocycles. The van der Waals surface area contributed by atoms with E-state index in [9.17, 15) is 0 Å². The lowest BCUT2D eigenvalue weighted by molar-refractivity contribution is 0.465. The Bertz CT molecular complexity index is 857. The maximum absolute atomic E-state index is 5.90. The van der Waals surface area contributed by atoms with Gasteiger partial charge < -0.3 is 15.8 Å². The molecule has 3 aromatic rings. The SMILES string of the molecule is NCCc1ccc2nc(Oc3ccc(NCC4CC4)cc3)ccc2c1. The summed E-state index contributed by atoms with van der Waals surface area (Å²) >= 11 is 0. The minimum atomic E-state index is 0.609. The highest BCUT2D eigenvalue weighted by atomic mass is 16.5. The second-order valence-corrected chi connectivity index (χ2v) is 6.67. The molecule has 0 atom stereocenters. The van der Waals surface area contributed by atoms with Crippen LogP contribution in [0, 0.1) is 5.92 Å². The monoisotopic (exact) mass is 333 g/mol. The fourth-order valence-electron chi connectivity index (χ4n) is 2.88. The number of nitrogens with two attached hydrogens (primary N) is 1. The van der Waals surface area contributed by atoms with Crippen molar-refractivity contribution < 1.29 is 4.74 Å². The molecule has 0 aliphatic heterocycles. The molecule has 3 N–H and O–H groups in total. The molecule has 0 spiro atoms. The minimum Gasteiger partial charge on any atom is -0.439 e. The van der Waals surface area contributed by atoms with Gasteiger partial charge in [-0.1, -0.05) is 6.07 Å². The van der Waals surface area contributed by atoms with Gasteiger partial charge in [0.2, 0.25) is 5.88 Å². The molecule has 4 heteroatoms. The molecule has 0 bridgehead atoms. The molecule has 4 nitrogen and oxygen atoms in total. The number of rotatable bonds is 7. The lowest BCUT2D eigenvalue weighted by atomic mass is 10.1. The smallest absolute Gasteiger partial charge is 0.219 e. The lowest BCUT2D eigenvalue weighted by Gasteiger charge is -2.09. The van der Waals surface area contributed by atoms with Gasteiger partial charge in [0.15, 0.2) is 0 Å². The minimum absolute atomic E-state index is 0.609. The molecule has 1 aliphatic carbocycles. The number of ether oxygens (including phenoxy) is 1. The first-order valence-corrected chi connectivity index (χ1v) is 8.92. The molecule has 1 aliphatic rings. The van der Waals surface area contributed by atoms with Crippen LogP contribution in [-0.4, -0.2) is 18.1 Å². The number of pyridine rings is 1. The van der Waals surface area contributed by atoms with Crippen LogP contribution in [-0.2, 0) is 6.42 Å². The molecule has 0 saturated heterocycles. The normalized spacial score (nSPS) is 13.8. The number of nitrogens with zero attached hydrogens (tertiary/aromatic N) is 1. The predicted octanol–water partition coefficient (Wildman–Crippen LogP) is 4.35. The summed E-state index contributed by atoms with van der Waals surface area (Å²) in [5.74, 6) is 2.27. The van der Waals surface area contributed by atoms with Gasteiger partial charge in [-0.15, -0.1) is 0 Å². The van der Waals surface area contributed by atoms with Crippen molar-refractivity contribution in [3.63, 3.8) is 0 Å². The van der Waals surface area contributed by atoms with Crippen LogP contribution < -0.4 is 15.8 Å². The van der Waals surface area contributed by atoms with Crippen molar-refractivity contribution >= 4 is 16.6 Å². The van der Waals surface area contributed by atoms with E-state index in [1.165, 1.54) is 18.4 Å². The van der Waals surface area contributed by atoms with Crippen molar-refractivity contribution in [3.05, 3.63) is 60.2 Å². The van der Waals surface area contributed by atoms with Crippen LogP contribution in [0.1, 0.15) is 18.4 Å². The number of nitrogens with one attached hydrogen (secondary N) is 1. The molecule has 1 saturated carbocycles. The average molecular weight is 333 g/mol. The van der Waals surface area contributed by atoms with Crippen molar-refractivity contribution in [1.29, 1.82) is 0 Å². The molecule has 4 rings (SSSR count). The van der Waals surface area contributed by atoms with Gasteiger partial charge in [0.25, 0.3) is 0 Å². The molecule has 0 radical (unpaired) electrons. The van der Waals surface area contributed by atoms with Crippen LogP contribution in [0.3, 0.4) is 0 Å². The molecule has 1 aromatic heterocycles. The maximum atomic E-state index is 5.90. The zero-order valence-corrected chi connectivity index (χ0v) is 14.2. The van der Waals surface area contributed by atoms with Gasteiger partial charge >= 0.3 is 0 Å². The van der Waals surface area contributed by atoms with E-state index in [0.717, 1.165) is 41.2 Å². The number of hydrogen-bond donors (Lipinski definition) is 2. The van der Waals surface area contributed by atoms with Gasteiger partial charge in [-0.25, -0.2) is 4.98 Å². The Hall–Kier alpha value is -2.59. The summed E-state index contributed by atoms with van der Waals surface area (Å²) in [5.41, 5.74) is 8.93. The van der Waals surface area contributed by atoms with Crippen LogP contribution in [0.25, 0.3) is 10.9 Å². The Labute approximate surface area is 148 Å². The van der Waals surface area contributed by atoms with Crippen LogP contribution in [0.4, 0.5) is 5.69 Å². The second-order valence-electron chi connectivity index (χ2n) is 6.67. The maximum Gasteiger partial charge on any atom is 0.219 e. The highest BCUT2D eigenvalue weighted by Crippen LogP contribution is 2.29. The highest BCUT2D eigenvalue weighted by Gasteiger charge is 2.20. The highest BCUT2D eigenvalue weighted by molar-refractivity contribution is 5.79. The van der Waals surface area contributed by atoms with Gasteiger partial charge in [-0.05, 0) is 79.8 Å². The van der Waals surface area contributed by atoms with Crippen molar-refractivity contribution in [1.82, 2.24) is 4.98 Å². The molecule has 0 amide bonds. The van der Waals surface area contributed by atoms with Gasteiger partial charge in [-0.3, -0.25) is 0 Å². The van der Waals surface area contributed by atoms with E-state index in [-0.39, 0.29) is 0 Å². The first kappa shape index (κ1) is 15.9. The van der Waals surface area contributed by atoms with Crippen molar-refractivity contribution in [3.8, 4) is 11.6 Å². The van der Waals surface area contributed by atoms with E-state index in [4.69, 9.17) is 10.5 Å². The van der Waals surface area contributed by atoms with Gasteiger partial charge in [0, 0.05) is 23.7 Å². The molecule has 1 fully saturated rings. The number of benzene rings is 2. The number of fused-ring (bicyclic) bond motifs is 1. The molecule has 0 unspecified atom stereocenters. The molecular formula is C21H23N3O. The summed E-state index contributed by atoms with van der Waals surface area (Å²) in [6, 6.07) is 18.3. The molecule has 25 heavy (non-hydrogen) atoms. The Kier molecular flexibility index (Phi) is 4.53. The van der Waals surface area contributed by atoms with Gasteiger partial charge in [-0.2, -0.15) is 0 Å². The van der Waals surface area contributed by atoms with E-state index >= 15 is 0 Å². The number of hydrogen-bond acceptors (Lipinski definition) is 4. The van der Waals surface area contributed by atoms with E-state index in [1.54, 1.807) is 0 Å². The van der Waals surface area contributed by atoms with E-state index in [0.29, 0.717) is 12.4 Å². The molecule has 2 aromatic carbocycles. The summed E-state index contributed by atoms with van der Waals surface area (Å²) in [5, 5.41) is 4.57. The summed E-state index contributed by atoms with van der Waals surface area (Å²) in [7, 11) is 0. The van der Waals surface area contributed by atoms with Crippen molar-refractivity contribution in [2.45, 2.75) is 19.3 Å². The van der Waals surface area contributed by atoms with Crippen LogP contribution >= 0.6 is 0 Å². The number of anilines is 1. The largest absolute Gasteiger partial charge is 0.439 e. The predicted molar refractivity (Wildman–Crippen MR) is 102 cm³/mol. The summed E-state index contributed by atoms with van der Waals surface area (Å²) in [4.78, 5) is 4.59. The Morgan fingerprint density at radius 3 is 2.64 bits per heavy atom. The Morgan fingerprint density at radius 1 is 1.04 bits per heavy atom. The van der Waals surface area contributed by atoms with Crippen molar-refractivity contribution in [2.75, 3.05) is 18.4 Å². The fraction of sp³-hybridized carbons (Fsp3) is 0.286. The molecule has 128 valence electrons. The Morgan fingerprint density at radius 2 is 1.88 bits per heavy atom. The number of aromatic nitrogens is 1. The Balaban J connectivity index is 1.45. The summed E-state index contributed by atoms with van der Waals surface area (Å²) < 4.78 is 5.90. The van der Waals surface area contributed by atoms with Crippen LogP contribution in [0.15, 0.2) is 54.6 Å². The van der Waals surface area contributed by atoms with Gasteiger partial charge in [0.1, 0.15) is 5.75 Å². The standard InChI is InChI=1S/C21H23N3O/c22-12-11-15-3-9-20-17(13-15)4-10-21(24-20)25-19-7-5-18(6-8-19)23-14-16-1-2-16/h3-10,13,16,23H,1-2,11-12,14,22H2. The summed E-state index contributed by atoms with van der Waals surface area (Å²) in [6.45, 7) is 1.73. The third-order valence-electron chi connectivity index (χ3n) is 4.53. The zero-order chi connectivity index (χ0) is 17.1. The van der Waals surface area contributed by atoms with E-state index < -0.39 is 0 Å². The topological polar surface area (TPSA) is 60.2 Å². The van der Waals surface area contributed by atoms with Crippen molar-refractivity contribution in [2.24, 2.45) is 11.7 Å². The third kappa shape index (κ3) is 4.09. The first-order chi connectivity index (χ1) is 12.3. The zero-order valence-electron chi connectivity index (χ0n) is 14.2. The van der Waals surface area contributed by atoms with Gasteiger partial charge in [0.05, 0.1) is 5.52 Å². The lowest BCUT2D eigenvalue weighted by Crippen LogP contribution is -2.02. The van der Waals surface area contributed by atoms with Crippen LogP contribution in [0.2, 0.25) is 0 Å². The molecular weight excluding hydrogens is 310 g/mol.